The molecule has 0 bridgehead atoms. The summed E-state index contributed by atoms with van der Waals surface area (Å²) in [5.41, 5.74) is 0.889. The summed E-state index contributed by atoms with van der Waals surface area (Å²) in [4.78, 5) is 128. The van der Waals surface area contributed by atoms with Crippen molar-refractivity contribution in [1.82, 2.24) is 47.9 Å². The number of carbonyl (C=O) groups excluding carboxylic acids is 10. The predicted molar refractivity (Wildman–Crippen MR) is 354 cm³/mol. The van der Waals surface area contributed by atoms with Crippen LogP contribution in [0, 0.1) is 0 Å². The number of nitrogens with one attached hydrogen (secondary N) is 9. The highest BCUT2D eigenvalue weighted by Gasteiger charge is 2.48. The Kier molecular flexibility index (Phi) is 42.9. The molecule has 1 aromatic rings. The van der Waals surface area contributed by atoms with Crippen molar-refractivity contribution in [2.45, 2.75) is 208 Å². The normalized spacial score (nSPS) is 25.2. The SMILES string of the molecule is CC(=O)N[C@H]1[C@H](OCCOCCNC(=O)CCC(NC(=O)CCC(NC(=O)CCCC(=O)NCCCCCCC(=O)OCc2ccccc2)C(=O)NCCOCCO[C@@H]2O[C@H](CO)[C@H](O)[C@H](O)[C@H]2NC(C)=O)C(=O)NCCOCCO[C@@H]2O[C@H](CO)[C@H](O)[C@H](O)[C@H]2NC(C)=O)O[C@H](CO)[C@H](O)[C@@H]1O. The summed E-state index contributed by atoms with van der Waals surface area (Å²) >= 11 is 0. The van der Waals surface area contributed by atoms with Gasteiger partial charge in [-0.15, -0.1) is 0 Å². The number of amides is 9. The maximum atomic E-state index is 13.8. The van der Waals surface area contributed by atoms with E-state index in [1.54, 1.807) is 0 Å². The van der Waals surface area contributed by atoms with Gasteiger partial charge in [0.15, 0.2) is 18.9 Å². The molecule has 38 heteroatoms. The second-order valence-electron chi connectivity index (χ2n) is 24.5. The number of unbranched alkanes of at least 4 members (excludes halogenated alkanes) is 3. The number of ether oxygens (including phenoxy) is 10. The molecule has 0 aliphatic carbocycles. The molecule has 4 rings (SSSR count). The van der Waals surface area contributed by atoms with E-state index < -0.39 is 178 Å². The van der Waals surface area contributed by atoms with Gasteiger partial charge in [0.25, 0.3) is 0 Å². The molecule has 1 aromatic carbocycles. The van der Waals surface area contributed by atoms with Gasteiger partial charge in [0, 0.05) is 79.1 Å². The first-order chi connectivity index (χ1) is 49.4. The van der Waals surface area contributed by atoms with E-state index in [1.807, 2.05) is 30.3 Å². The fraction of sp³-hybridized carbons (Fsp3) is 0.754. The zero-order valence-electron chi connectivity index (χ0n) is 58.4. The minimum atomic E-state index is -1.55. The molecule has 3 heterocycles. The Balaban J connectivity index is 1.33. The maximum absolute atomic E-state index is 13.8. The highest BCUT2D eigenvalue weighted by molar-refractivity contribution is 5.90. The maximum Gasteiger partial charge on any atom is 0.306 e. The molecule has 38 nitrogen and oxygen atoms in total. The molecule has 3 fully saturated rings. The van der Waals surface area contributed by atoms with Gasteiger partial charge >= 0.3 is 5.97 Å². The van der Waals surface area contributed by atoms with Crippen LogP contribution in [-0.2, 0) is 102 Å². The van der Waals surface area contributed by atoms with Crippen molar-refractivity contribution in [2.75, 3.05) is 105 Å². The average molecular weight is 1480 g/mol. The van der Waals surface area contributed by atoms with Crippen LogP contribution in [0.4, 0.5) is 0 Å². The van der Waals surface area contributed by atoms with Crippen molar-refractivity contribution in [3.63, 3.8) is 0 Å². The molecular formula is C65H107N9O29. The molecule has 2 unspecified atom stereocenters. The number of aliphatic hydroxyl groups excluding tert-OH is 9. The van der Waals surface area contributed by atoms with Crippen LogP contribution in [0.2, 0.25) is 0 Å². The molecule has 0 spiro atoms. The second kappa shape index (κ2) is 49.8. The van der Waals surface area contributed by atoms with E-state index in [1.165, 1.54) is 20.8 Å². The minimum absolute atomic E-state index is 0.0341. The standard InChI is InChI=1S/C65H107N9O29/c1-38(78)70-52-58(89)55(86)44(34-75)101-63(52)97-31-28-94-25-22-67-48(82)19-17-42(61(92)68-23-26-95-29-32-98-64-53(71-39(2)79)59(90)56(87)45(35-76)102-64)74-50(84)20-18-43(62(93)69-24-27-96-30-33-99-65-54(72-40(3)80)60(91)57(88)46(36-77)103-65)73-49(83)15-11-14-47(81)66-21-10-5-4-9-16-51(85)100-37-41-12-7-6-8-13-41/h6-8,12-13,42-46,52-60,63-65,75-77,86-91H,4-5,9-11,14-37H2,1-3H3,(H,66,81)(H,67,82)(H,68,92)(H,69,93)(H,70,78)(H,71,79)(H,72,80)(H,73,83)(H,74,84)/t42?,43?,44-,45-,46-,52-,53-,54-,55+,56+,57+,58-,59-,60-,63-,64-,65-/m1/s1. The lowest BCUT2D eigenvalue weighted by Crippen LogP contribution is -2.64. The number of hydrogen-bond acceptors (Lipinski definition) is 29. The van der Waals surface area contributed by atoms with Crippen LogP contribution in [0.25, 0.3) is 0 Å². The highest BCUT2D eigenvalue weighted by Crippen LogP contribution is 2.25. The number of hydrogen-bond donors (Lipinski definition) is 18. The molecule has 17 atom stereocenters. The molecule has 0 saturated carbocycles. The summed E-state index contributed by atoms with van der Waals surface area (Å²) in [7, 11) is 0. The van der Waals surface area contributed by atoms with Crippen LogP contribution in [0.5, 0.6) is 0 Å². The van der Waals surface area contributed by atoms with Gasteiger partial charge in [0.05, 0.1) is 79.3 Å². The smallest absolute Gasteiger partial charge is 0.306 e. The summed E-state index contributed by atoms with van der Waals surface area (Å²) in [6, 6.07) is 3.00. The highest BCUT2D eigenvalue weighted by atomic mass is 16.7. The Bertz CT molecular complexity index is 2720. The summed E-state index contributed by atoms with van der Waals surface area (Å²) in [5.74, 6) is -5.77. The minimum Gasteiger partial charge on any atom is -0.461 e. The monoisotopic (exact) mass is 1480 g/mol. The van der Waals surface area contributed by atoms with E-state index >= 15 is 0 Å². The second-order valence-corrected chi connectivity index (χ2v) is 24.5. The van der Waals surface area contributed by atoms with E-state index in [0.29, 0.717) is 19.4 Å². The lowest BCUT2D eigenvalue weighted by Gasteiger charge is -2.42. The fourth-order valence-corrected chi connectivity index (χ4v) is 10.8. The number of esters is 1. The Morgan fingerprint density at radius 1 is 0.408 bits per heavy atom. The van der Waals surface area contributed by atoms with Crippen molar-refractivity contribution in [3.8, 4) is 0 Å². The third kappa shape index (κ3) is 33.9. The van der Waals surface area contributed by atoms with Gasteiger partial charge in [-0.25, -0.2) is 0 Å². The van der Waals surface area contributed by atoms with Crippen LogP contribution in [-0.4, -0.2) is 315 Å². The third-order valence-corrected chi connectivity index (χ3v) is 16.2. The molecular weight excluding hydrogens is 1370 g/mol. The summed E-state index contributed by atoms with van der Waals surface area (Å²) < 4.78 is 55.6. The molecule has 3 aliphatic heterocycles. The zero-order chi connectivity index (χ0) is 75.6. The van der Waals surface area contributed by atoms with Gasteiger partial charge in [0.1, 0.15) is 91.8 Å². The van der Waals surface area contributed by atoms with Gasteiger partial charge in [-0.05, 0) is 37.7 Å². The van der Waals surface area contributed by atoms with Gasteiger partial charge in [-0.1, -0.05) is 43.2 Å². The largest absolute Gasteiger partial charge is 0.461 e. The molecule has 3 saturated heterocycles. The number of benzene rings is 1. The van der Waals surface area contributed by atoms with Gasteiger partial charge in [-0.2, -0.15) is 0 Å². The lowest BCUT2D eigenvalue weighted by atomic mass is 9.97. The Labute approximate surface area is 596 Å². The van der Waals surface area contributed by atoms with Crippen LogP contribution >= 0.6 is 0 Å². The van der Waals surface area contributed by atoms with E-state index in [4.69, 9.17) is 47.4 Å². The van der Waals surface area contributed by atoms with Crippen molar-refractivity contribution in [3.05, 3.63) is 35.9 Å². The van der Waals surface area contributed by atoms with Crippen molar-refractivity contribution >= 4 is 59.1 Å². The topological polar surface area (TPSA) is 553 Å². The Morgan fingerprint density at radius 2 is 0.777 bits per heavy atom. The Morgan fingerprint density at radius 3 is 1.19 bits per heavy atom. The molecule has 586 valence electrons. The van der Waals surface area contributed by atoms with Crippen molar-refractivity contribution < 1.29 is 141 Å². The van der Waals surface area contributed by atoms with Gasteiger partial charge < -0.3 is 141 Å². The first kappa shape index (κ1) is 88.6. The average Bonchev–Trinajstić information content (AvgIpc) is 0.822. The molecule has 0 radical (unpaired) electrons. The van der Waals surface area contributed by atoms with Crippen LogP contribution in [0.3, 0.4) is 0 Å². The van der Waals surface area contributed by atoms with Crippen molar-refractivity contribution in [2.24, 2.45) is 0 Å². The molecule has 3 aliphatic rings. The summed E-state index contributed by atoms with van der Waals surface area (Å²) in [6.07, 6.45) is -15.2. The third-order valence-electron chi connectivity index (χ3n) is 16.2. The Hall–Kier alpha value is -6.80. The number of rotatable bonds is 50. The lowest BCUT2D eigenvalue weighted by molar-refractivity contribution is -0.272. The van der Waals surface area contributed by atoms with Gasteiger partial charge in [-0.3, -0.25) is 47.9 Å². The molecule has 9 amide bonds. The van der Waals surface area contributed by atoms with E-state index in [0.717, 1.165) is 18.4 Å². The van der Waals surface area contributed by atoms with E-state index in [9.17, 15) is 93.9 Å². The first-order valence-corrected chi connectivity index (χ1v) is 34.5. The fourth-order valence-electron chi connectivity index (χ4n) is 10.8. The molecule has 103 heavy (non-hydrogen) atoms. The van der Waals surface area contributed by atoms with Crippen LogP contribution < -0.4 is 47.9 Å². The van der Waals surface area contributed by atoms with Crippen LogP contribution in [0.15, 0.2) is 30.3 Å². The first-order valence-electron chi connectivity index (χ1n) is 34.5. The number of carbonyl (C=O) groups is 10. The number of aliphatic hydroxyl groups is 9. The zero-order valence-corrected chi connectivity index (χ0v) is 58.4. The van der Waals surface area contributed by atoms with Crippen LogP contribution in [0.1, 0.15) is 103 Å². The van der Waals surface area contributed by atoms with E-state index in [-0.39, 0.29) is 143 Å². The van der Waals surface area contributed by atoms with Crippen molar-refractivity contribution in [1.29, 1.82) is 0 Å². The van der Waals surface area contributed by atoms with Gasteiger partial charge in [0.2, 0.25) is 53.2 Å². The molecule has 0 aromatic heterocycles. The predicted octanol–water partition coefficient (Wildman–Crippen LogP) is -7.22. The quantitative estimate of drug-likeness (QED) is 0.0213. The summed E-state index contributed by atoms with van der Waals surface area (Å²) in [6.45, 7) is 0.698. The molecule has 18 N–H and O–H groups in total. The van der Waals surface area contributed by atoms with E-state index in [2.05, 4.69) is 47.9 Å². The summed E-state index contributed by atoms with van der Waals surface area (Å²) in [5, 5.41) is 115.